The molecular formula is C19H16ClF2N9O2. The van der Waals surface area contributed by atoms with E-state index in [2.05, 4.69) is 34.8 Å². The van der Waals surface area contributed by atoms with Gasteiger partial charge in [-0.15, -0.1) is 0 Å². The van der Waals surface area contributed by atoms with Gasteiger partial charge in [0.15, 0.2) is 17.4 Å². The van der Waals surface area contributed by atoms with Crippen LogP contribution in [-0.2, 0) is 0 Å². The summed E-state index contributed by atoms with van der Waals surface area (Å²) in [6.07, 6.45) is 3.76. The van der Waals surface area contributed by atoms with Crippen molar-refractivity contribution in [2.24, 2.45) is 5.73 Å². The van der Waals surface area contributed by atoms with E-state index in [1.54, 1.807) is 18.0 Å². The summed E-state index contributed by atoms with van der Waals surface area (Å²) < 4.78 is 31.7. The van der Waals surface area contributed by atoms with Crippen LogP contribution in [-0.4, -0.2) is 54.3 Å². The summed E-state index contributed by atoms with van der Waals surface area (Å²) in [6, 6.07) is 3.76. The summed E-state index contributed by atoms with van der Waals surface area (Å²) in [6.45, 7) is -1.22. The molecule has 11 nitrogen and oxygen atoms in total. The predicted octanol–water partition coefficient (Wildman–Crippen LogP) is 2.55. The SMILES string of the molecule is C[C@@H](c1ncnn1-c1cc(C(N)=O)ncn1)N(C)c1ncnc2c(OC(F)F)cc(Cl)cc12. The van der Waals surface area contributed by atoms with Crippen molar-refractivity contribution < 1.29 is 18.3 Å². The summed E-state index contributed by atoms with van der Waals surface area (Å²) in [5.41, 5.74) is 5.49. The summed E-state index contributed by atoms with van der Waals surface area (Å²) in [7, 11) is 1.73. The molecule has 0 aliphatic heterocycles. The molecule has 14 heteroatoms. The van der Waals surface area contributed by atoms with Crippen molar-refractivity contribution in [3.05, 3.63) is 53.7 Å². The first kappa shape index (κ1) is 22.2. The van der Waals surface area contributed by atoms with E-state index in [-0.39, 0.29) is 27.8 Å². The first-order valence-electron chi connectivity index (χ1n) is 9.40. The number of aromatic nitrogens is 7. The highest BCUT2D eigenvalue weighted by atomic mass is 35.5. The average molecular weight is 476 g/mol. The monoisotopic (exact) mass is 475 g/mol. The molecule has 1 atom stereocenters. The number of primary amides is 1. The van der Waals surface area contributed by atoms with E-state index in [1.165, 1.54) is 35.8 Å². The van der Waals surface area contributed by atoms with E-state index in [4.69, 9.17) is 17.3 Å². The van der Waals surface area contributed by atoms with Crippen LogP contribution in [0.15, 0.2) is 37.2 Å². The van der Waals surface area contributed by atoms with Crippen LogP contribution in [0.4, 0.5) is 14.6 Å². The smallest absolute Gasteiger partial charge is 0.387 e. The second-order valence-corrected chi connectivity index (χ2v) is 7.25. The fourth-order valence-electron chi connectivity index (χ4n) is 3.22. The van der Waals surface area contributed by atoms with E-state index >= 15 is 0 Å². The molecule has 3 aromatic heterocycles. The van der Waals surface area contributed by atoms with Gasteiger partial charge >= 0.3 is 6.61 Å². The third-order valence-electron chi connectivity index (χ3n) is 4.85. The zero-order valence-corrected chi connectivity index (χ0v) is 18.0. The Balaban J connectivity index is 1.76. The zero-order valence-electron chi connectivity index (χ0n) is 17.2. The fraction of sp³-hybridized carbons (Fsp3) is 0.211. The van der Waals surface area contributed by atoms with Crippen LogP contribution in [0.5, 0.6) is 5.75 Å². The number of fused-ring (bicyclic) bond motifs is 1. The van der Waals surface area contributed by atoms with Crippen LogP contribution in [0.3, 0.4) is 0 Å². The molecule has 0 bridgehead atoms. The minimum atomic E-state index is -3.04. The Morgan fingerprint density at radius 1 is 1.12 bits per heavy atom. The number of alkyl halides is 2. The van der Waals surface area contributed by atoms with Gasteiger partial charge in [-0.2, -0.15) is 18.6 Å². The van der Waals surface area contributed by atoms with Crippen LogP contribution in [0.25, 0.3) is 16.7 Å². The average Bonchev–Trinajstić information content (AvgIpc) is 3.27. The minimum Gasteiger partial charge on any atom is -0.432 e. The molecule has 0 aliphatic carbocycles. The maximum atomic E-state index is 12.9. The van der Waals surface area contributed by atoms with Gasteiger partial charge in [-0.25, -0.2) is 24.9 Å². The van der Waals surface area contributed by atoms with Gasteiger partial charge in [0.1, 0.15) is 36.0 Å². The van der Waals surface area contributed by atoms with Crippen molar-refractivity contribution in [1.29, 1.82) is 0 Å². The van der Waals surface area contributed by atoms with Crippen molar-refractivity contribution in [3.63, 3.8) is 0 Å². The first-order valence-corrected chi connectivity index (χ1v) is 9.78. The lowest BCUT2D eigenvalue weighted by molar-refractivity contribution is -0.0489. The number of anilines is 1. The number of rotatable bonds is 7. The molecule has 0 spiro atoms. The van der Waals surface area contributed by atoms with Gasteiger partial charge in [-0.05, 0) is 13.0 Å². The minimum absolute atomic E-state index is 0.0189. The van der Waals surface area contributed by atoms with E-state index < -0.39 is 18.6 Å². The van der Waals surface area contributed by atoms with Gasteiger partial charge in [0.25, 0.3) is 5.91 Å². The third kappa shape index (κ3) is 4.35. The number of ether oxygens (including phenoxy) is 1. The molecule has 0 saturated heterocycles. The number of nitrogens with zero attached hydrogens (tertiary/aromatic N) is 8. The predicted molar refractivity (Wildman–Crippen MR) is 113 cm³/mol. The number of halogens is 3. The molecular weight excluding hydrogens is 460 g/mol. The summed E-state index contributed by atoms with van der Waals surface area (Å²) in [4.78, 5) is 33.9. The number of carbonyl (C=O) groups excluding carboxylic acids is 1. The fourth-order valence-corrected chi connectivity index (χ4v) is 3.43. The Morgan fingerprint density at radius 2 is 1.88 bits per heavy atom. The van der Waals surface area contributed by atoms with Crippen LogP contribution in [0.2, 0.25) is 5.02 Å². The number of hydrogen-bond acceptors (Lipinski definition) is 9. The number of carbonyl (C=O) groups is 1. The van der Waals surface area contributed by atoms with Gasteiger partial charge in [0.05, 0.1) is 6.04 Å². The van der Waals surface area contributed by atoms with Gasteiger partial charge < -0.3 is 15.4 Å². The van der Waals surface area contributed by atoms with Crippen molar-refractivity contribution in [1.82, 2.24) is 34.7 Å². The lowest BCUT2D eigenvalue weighted by atomic mass is 10.2. The van der Waals surface area contributed by atoms with Gasteiger partial charge in [0.2, 0.25) is 0 Å². The molecule has 170 valence electrons. The van der Waals surface area contributed by atoms with E-state index in [9.17, 15) is 13.6 Å². The number of amides is 1. The molecule has 2 N–H and O–H groups in total. The van der Waals surface area contributed by atoms with Gasteiger partial charge in [0, 0.05) is 29.6 Å². The Labute approximate surface area is 190 Å². The van der Waals surface area contributed by atoms with Gasteiger partial charge in [-0.3, -0.25) is 4.79 Å². The van der Waals surface area contributed by atoms with Crippen molar-refractivity contribution in [2.45, 2.75) is 19.6 Å². The molecule has 33 heavy (non-hydrogen) atoms. The van der Waals surface area contributed by atoms with Crippen molar-refractivity contribution in [2.75, 3.05) is 11.9 Å². The van der Waals surface area contributed by atoms with Crippen molar-refractivity contribution in [3.8, 4) is 11.6 Å². The molecule has 4 rings (SSSR count). The Bertz CT molecular complexity index is 1330. The molecule has 0 aliphatic rings. The maximum Gasteiger partial charge on any atom is 0.387 e. The third-order valence-corrected chi connectivity index (χ3v) is 5.07. The number of hydrogen-bond donors (Lipinski definition) is 1. The highest BCUT2D eigenvalue weighted by Crippen LogP contribution is 2.35. The molecule has 0 saturated carbocycles. The second kappa shape index (κ2) is 8.86. The second-order valence-electron chi connectivity index (χ2n) is 6.82. The number of benzene rings is 1. The normalized spacial score (nSPS) is 12.2. The van der Waals surface area contributed by atoms with Crippen LogP contribution < -0.4 is 15.4 Å². The Hall–Kier alpha value is -4.00. The van der Waals surface area contributed by atoms with E-state index in [0.717, 1.165) is 0 Å². The molecule has 3 heterocycles. The van der Waals surface area contributed by atoms with E-state index in [1.807, 2.05) is 6.92 Å². The summed E-state index contributed by atoms with van der Waals surface area (Å²) >= 11 is 6.13. The standard InChI is InChI=1S/C19H16ClF2N9O2/c1-9(17-28-8-29-31(17)14-5-12(16(23)32)24-6-25-14)30(2)18-11-3-10(20)4-13(33-19(21)22)15(11)26-7-27-18/h3-9,19H,1-2H3,(H2,23,32)/t9-/m0/s1. The lowest BCUT2D eigenvalue weighted by Gasteiger charge is -2.26. The van der Waals surface area contributed by atoms with E-state index in [0.29, 0.717) is 17.0 Å². The largest absolute Gasteiger partial charge is 0.432 e. The maximum absolute atomic E-state index is 12.9. The first-order chi connectivity index (χ1) is 15.8. The number of nitrogens with two attached hydrogens (primary N) is 1. The Kier molecular flexibility index (Phi) is 5.96. The molecule has 0 unspecified atom stereocenters. The highest BCUT2D eigenvalue weighted by Gasteiger charge is 2.24. The quantitative estimate of drug-likeness (QED) is 0.427. The van der Waals surface area contributed by atoms with Crippen LogP contribution in [0.1, 0.15) is 29.3 Å². The molecule has 1 aromatic carbocycles. The van der Waals surface area contributed by atoms with Crippen LogP contribution in [0, 0.1) is 0 Å². The molecule has 0 radical (unpaired) electrons. The molecule has 0 fully saturated rings. The zero-order chi connectivity index (χ0) is 23.7. The Morgan fingerprint density at radius 3 is 2.61 bits per heavy atom. The molecule has 4 aromatic rings. The van der Waals surface area contributed by atoms with Gasteiger partial charge in [-0.1, -0.05) is 11.6 Å². The highest BCUT2D eigenvalue weighted by molar-refractivity contribution is 6.31. The van der Waals surface area contributed by atoms with Crippen LogP contribution >= 0.6 is 11.6 Å². The topological polar surface area (TPSA) is 138 Å². The summed E-state index contributed by atoms with van der Waals surface area (Å²) in [5, 5.41) is 4.77. The molecule has 1 amide bonds. The summed E-state index contributed by atoms with van der Waals surface area (Å²) in [5.74, 6) is 0.250. The van der Waals surface area contributed by atoms with Crippen molar-refractivity contribution >= 4 is 34.2 Å². The lowest BCUT2D eigenvalue weighted by Crippen LogP contribution is -2.26.